The molecule has 4 aromatic rings. The summed E-state index contributed by atoms with van der Waals surface area (Å²) < 4.78 is 16.7. The normalized spacial score (nSPS) is 10.9. The van der Waals surface area contributed by atoms with Crippen LogP contribution in [0.2, 0.25) is 5.02 Å². The number of primary amides is 1. The highest BCUT2D eigenvalue weighted by Crippen LogP contribution is 2.31. The first kappa shape index (κ1) is 31.5. The quantitative estimate of drug-likeness (QED) is 0.156. The Morgan fingerprint density at radius 2 is 1.70 bits per heavy atom. The fourth-order valence-electron chi connectivity index (χ4n) is 3.81. The van der Waals surface area contributed by atoms with Crippen LogP contribution in [0.3, 0.4) is 0 Å². The number of aromatic nitrogens is 3. The number of benzene rings is 2. The third-order valence-electron chi connectivity index (χ3n) is 5.88. The molecule has 228 valence electrons. The van der Waals surface area contributed by atoms with Crippen LogP contribution in [-0.4, -0.2) is 45.4 Å². The van der Waals surface area contributed by atoms with Gasteiger partial charge in [0.1, 0.15) is 17.3 Å². The van der Waals surface area contributed by atoms with Crippen LogP contribution in [-0.2, 0) is 14.9 Å². The number of amides is 3. The summed E-state index contributed by atoms with van der Waals surface area (Å²) in [6, 6.07) is 15.1. The highest BCUT2D eigenvalue weighted by atomic mass is 35.5. The van der Waals surface area contributed by atoms with Gasteiger partial charge in [0, 0.05) is 29.8 Å². The molecule has 0 aliphatic carbocycles. The highest BCUT2D eigenvalue weighted by molar-refractivity contribution is 6.34. The number of carbonyl (C=O) groups excluding carboxylic acids is 4. The van der Waals surface area contributed by atoms with E-state index in [0.717, 1.165) is 0 Å². The molecule has 0 fully saturated rings. The minimum absolute atomic E-state index is 0.158. The van der Waals surface area contributed by atoms with Crippen molar-refractivity contribution in [2.45, 2.75) is 33.1 Å². The molecule has 2 aromatic heterocycles. The molecule has 13 nitrogen and oxygen atoms in total. The number of urea groups is 1. The second-order valence-corrected chi connectivity index (χ2v) is 10.7. The molecule has 0 radical (unpaired) electrons. The van der Waals surface area contributed by atoms with E-state index < -0.39 is 24.1 Å². The maximum absolute atomic E-state index is 13.1. The molecular weight excluding hydrogens is 592 g/mol. The van der Waals surface area contributed by atoms with Crippen LogP contribution in [0.15, 0.2) is 66.9 Å². The largest absolute Gasteiger partial charge is 0.462 e. The molecule has 2 heterocycles. The van der Waals surface area contributed by atoms with Gasteiger partial charge in [0.2, 0.25) is 0 Å². The zero-order chi connectivity index (χ0) is 32.0. The van der Waals surface area contributed by atoms with Crippen molar-refractivity contribution >= 4 is 47.2 Å². The number of hydrogen-bond donors (Lipinski definition) is 3. The summed E-state index contributed by atoms with van der Waals surface area (Å²) in [5.41, 5.74) is 6.21. The number of esters is 2. The first-order valence-electron chi connectivity index (χ1n) is 13.2. The average molecular weight is 621 g/mol. The molecule has 44 heavy (non-hydrogen) atoms. The highest BCUT2D eigenvalue weighted by Gasteiger charge is 2.22. The van der Waals surface area contributed by atoms with Gasteiger partial charge in [-0.05, 0) is 43.3 Å². The summed E-state index contributed by atoms with van der Waals surface area (Å²) >= 11 is 6.42. The number of anilines is 2. The van der Waals surface area contributed by atoms with Gasteiger partial charge in [-0.15, -0.1) is 0 Å². The van der Waals surface area contributed by atoms with Gasteiger partial charge in [-0.1, -0.05) is 38.4 Å². The molecule has 3 amide bonds. The smallest absolute Gasteiger partial charge is 0.412 e. The maximum Gasteiger partial charge on any atom is 0.412 e. The van der Waals surface area contributed by atoms with Crippen LogP contribution < -0.4 is 21.1 Å². The van der Waals surface area contributed by atoms with Crippen molar-refractivity contribution in [1.82, 2.24) is 14.8 Å². The third kappa shape index (κ3) is 7.89. The first-order chi connectivity index (χ1) is 20.8. The molecule has 0 atom stereocenters. The van der Waals surface area contributed by atoms with Crippen molar-refractivity contribution in [3.63, 3.8) is 0 Å². The molecule has 0 saturated carbocycles. The molecule has 0 spiro atoms. The summed E-state index contributed by atoms with van der Waals surface area (Å²) in [5, 5.41) is 10.3. The molecule has 0 unspecified atom stereocenters. The Balaban J connectivity index is 1.51. The maximum atomic E-state index is 13.1. The second kappa shape index (κ2) is 13.3. The SMILES string of the molecule is CCOC(=O)c1cccc(-n2nc(C(C)(C)C)cc2NC(=O)Nc2ccc(Oc3ccnc(C(=O)OC(N)=O)c3)cc2Cl)c1. The van der Waals surface area contributed by atoms with Gasteiger partial charge in [-0.3, -0.25) is 5.32 Å². The van der Waals surface area contributed by atoms with Crippen molar-refractivity contribution in [3.05, 3.63) is 88.8 Å². The molecule has 4 rings (SSSR count). The number of carbonyl (C=O) groups is 4. The van der Waals surface area contributed by atoms with E-state index in [-0.39, 0.29) is 39.9 Å². The van der Waals surface area contributed by atoms with E-state index in [1.165, 1.54) is 35.1 Å². The Hall–Kier alpha value is -5.43. The summed E-state index contributed by atoms with van der Waals surface area (Å²) in [4.78, 5) is 51.9. The van der Waals surface area contributed by atoms with Crippen molar-refractivity contribution in [3.8, 4) is 17.2 Å². The van der Waals surface area contributed by atoms with Crippen molar-refractivity contribution in [2.24, 2.45) is 5.73 Å². The number of rotatable bonds is 8. The summed E-state index contributed by atoms with van der Waals surface area (Å²) in [5.74, 6) is -0.652. The summed E-state index contributed by atoms with van der Waals surface area (Å²) in [6.07, 6.45) is 0.0295. The van der Waals surface area contributed by atoms with E-state index in [0.29, 0.717) is 22.8 Å². The van der Waals surface area contributed by atoms with Crippen LogP contribution in [0.5, 0.6) is 11.5 Å². The van der Waals surface area contributed by atoms with E-state index in [1.807, 2.05) is 20.8 Å². The van der Waals surface area contributed by atoms with Gasteiger partial charge < -0.3 is 25.3 Å². The Bertz CT molecular complexity index is 1730. The summed E-state index contributed by atoms with van der Waals surface area (Å²) in [6.45, 7) is 7.93. The van der Waals surface area contributed by atoms with Gasteiger partial charge in [0.15, 0.2) is 5.69 Å². The lowest BCUT2D eigenvalue weighted by molar-refractivity contribution is 0.0525. The van der Waals surface area contributed by atoms with E-state index >= 15 is 0 Å². The summed E-state index contributed by atoms with van der Waals surface area (Å²) in [7, 11) is 0. The van der Waals surface area contributed by atoms with Crippen LogP contribution in [0.1, 0.15) is 54.2 Å². The van der Waals surface area contributed by atoms with Gasteiger partial charge in [0.25, 0.3) is 0 Å². The molecule has 14 heteroatoms. The number of nitrogens with two attached hydrogens (primary N) is 1. The van der Waals surface area contributed by atoms with E-state index in [9.17, 15) is 19.2 Å². The molecule has 4 N–H and O–H groups in total. The zero-order valence-corrected chi connectivity index (χ0v) is 25.0. The van der Waals surface area contributed by atoms with Gasteiger partial charge in [0.05, 0.1) is 34.3 Å². The van der Waals surface area contributed by atoms with Gasteiger partial charge in [-0.25, -0.2) is 28.8 Å². The Morgan fingerprint density at radius 1 is 0.955 bits per heavy atom. The van der Waals surface area contributed by atoms with Gasteiger partial charge >= 0.3 is 24.1 Å². The fraction of sp³-hybridized carbons (Fsp3) is 0.200. The fourth-order valence-corrected chi connectivity index (χ4v) is 4.03. The first-order valence-corrected chi connectivity index (χ1v) is 13.6. The molecule has 0 bridgehead atoms. The third-order valence-corrected chi connectivity index (χ3v) is 6.19. The van der Waals surface area contributed by atoms with E-state index in [1.54, 1.807) is 43.3 Å². The second-order valence-electron chi connectivity index (χ2n) is 10.3. The average Bonchev–Trinajstić information content (AvgIpc) is 3.39. The monoisotopic (exact) mass is 620 g/mol. The topological polar surface area (TPSA) is 177 Å². The van der Waals surface area contributed by atoms with Gasteiger partial charge in [-0.2, -0.15) is 5.10 Å². The molecule has 0 saturated heterocycles. The number of pyridine rings is 1. The van der Waals surface area contributed by atoms with Crippen LogP contribution in [0.25, 0.3) is 5.69 Å². The van der Waals surface area contributed by atoms with E-state index in [2.05, 4.69) is 25.5 Å². The van der Waals surface area contributed by atoms with Crippen LogP contribution >= 0.6 is 11.6 Å². The molecule has 0 aliphatic heterocycles. The van der Waals surface area contributed by atoms with Crippen LogP contribution in [0.4, 0.5) is 21.1 Å². The Morgan fingerprint density at radius 3 is 2.39 bits per heavy atom. The number of ether oxygens (including phenoxy) is 3. The predicted molar refractivity (Wildman–Crippen MR) is 162 cm³/mol. The molecule has 2 aromatic carbocycles. The lowest BCUT2D eigenvalue weighted by atomic mass is 9.92. The number of nitrogens with one attached hydrogen (secondary N) is 2. The Labute approximate surface area is 257 Å². The molecular formula is C30H29ClN6O7. The molecule has 0 aliphatic rings. The van der Waals surface area contributed by atoms with Crippen molar-refractivity contribution < 1.29 is 33.4 Å². The lowest BCUT2D eigenvalue weighted by Crippen LogP contribution is -2.21. The van der Waals surface area contributed by atoms with E-state index in [4.69, 9.17) is 26.8 Å². The number of nitrogens with zero attached hydrogens (tertiary/aromatic N) is 3. The predicted octanol–water partition coefficient (Wildman–Crippen LogP) is 6.07. The van der Waals surface area contributed by atoms with Crippen molar-refractivity contribution in [1.29, 1.82) is 0 Å². The van der Waals surface area contributed by atoms with Crippen LogP contribution in [0, 0.1) is 0 Å². The lowest BCUT2D eigenvalue weighted by Gasteiger charge is -2.14. The minimum atomic E-state index is -1.26. The number of halogens is 1. The standard InChI is InChI=1S/C30H29ClN6O7/c1-5-42-26(38)17-7-6-8-18(13-17)37-25(16-24(36-37)30(2,3)4)35-29(41)34-22-10-9-19(14-21(22)31)43-20-11-12-33-23(15-20)27(39)44-28(32)40/h6-16H,5H2,1-4H3,(H2,32,40)(H2,34,35,41). The Kier molecular flexibility index (Phi) is 9.49. The minimum Gasteiger partial charge on any atom is -0.462 e. The number of hydrogen-bond acceptors (Lipinski definition) is 9. The zero-order valence-electron chi connectivity index (χ0n) is 24.2. The van der Waals surface area contributed by atoms with Crippen molar-refractivity contribution in [2.75, 3.05) is 17.2 Å².